The minimum atomic E-state index is -0.980. The third kappa shape index (κ3) is 3.99. The summed E-state index contributed by atoms with van der Waals surface area (Å²) < 4.78 is 11.1. The molecule has 1 atom stereocenters. The Morgan fingerprint density at radius 2 is 1.33 bits per heavy atom. The molecule has 1 aliphatic rings. The number of aliphatic carboxylic acids is 2. The van der Waals surface area contributed by atoms with E-state index in [2.05, 4.69) is 0 Å². The Bertz CT molecular complexity index is 1310. The number of rotatable bonds is 7. The van der Waals surface area contributed by atoms with Gasteiger partial charge in [-0.1, -0.05) is 0 Å². The van der Waals surface area contributed by atoms with E-state index in [0.29, 0.717) is 52.7 Å². The van der Waals surface area contributed by atoms with Crippen LogP contribution in [0.4, 0.5) is 0 Å². The Hall–Kier alpha value is -3.61. The van der Waals surface area contributed by atoms with Crippen molar-refractivity contribution in [1.82, 2.24) is 0 Å². The molecule has 4 rings (SSSR count). The normalized spacial score (nSPS) is 15.3. The van der Waals surface area contributed by atoms with Crippen LogP contribution in [0.1, 0.15) is 35.6 Å². The fourth-order valence-electron chi connectivity index (χ4n) is 5.15. The molecule has 2 N–H and O–H groups in total. The first kappa shape index (κ1) is 22.6. The van der Waals surface area contributed by atoms with Crippen molar-refractivity contribution >= 4 is 39.3 Å². The van der Waals surface area contributed by atoms with E-state index in [9.17, 15) is 24.6 Å². The SMILES string of the molecule is COc1ccc(OC)c2cc3c(CC(=O)O)c4c(c(CC(=O)O)c3cc12)CCC(C(C)=O)C4. The highest BCUT2D eigenvalue weighted by molar-refractivity contribution is 6.07. The van der Waals surface area contributed by atoms with E-state index in [0.717, 1.165) is 21.9 Å². The van der Waals surface area contributed by atoms with Gasteiger partial charge in [0.05, 0.1) is 27.1 Å². The molecule has 0 saturated carbocycles. The summed E-state index contributed by atoms with van der Waals surface area (Å²) in [5.74, 6) is -0.860. The van der Waals surface area contributed by atoms with Crippen LogP contribution < -0.4 is 9.47 Å². The first-order valence-corrected chi connectivity index (χ1v) is 10.8. The number of hydrogen-bond donors (Lipinski definition) is 2. The summed E-state index contributed by atoms with van der Waals surface area (Å²) in [4.78, 5) is 35.8. The van der Waals surface area contributed by atoms with Gasteiger partial charge in [0.25, 0.3) is 0 Å². The topological polar surface area (TPSA) is 110 Å². The van der Waals surface area contributed by atoms with Crippen LogP contribution in [-0.2, 0) is 40.1 Å². The predicted molar refractivity (Wildman–Crippen MR) is 123 cm³/mol. The van der Waals surface area contributed by atoms with Crippen LogP contribution in [0.15, 0.2) is 24.3 Å². The molecule has 1 aliphatic carbocycles. The molecule has 7 nitrogen and oxygen atoms in total. The van der Waals surface area contributed by atoms with Gasteiger partial charge >= 0.3 is 11.9 Å². The van der Waals surface area contributed by atoms with Gasteiger partial charge in [-0.2, -0.15) is 0 Å². The number of benzene rings is 3. The number of fused-ring (bicyclic) bond motifs is 3. The average molecular weight is 450 g/mol. The molecule has 3 aromatic carbocycles. The lowest BCUT2D eigenvalue weighted by Gasteiger charge is -2.29. The molecule has 0 aliphatic heterocycles. The first-order chi connectivity index (χ1) is 15.7. The molecule has 0 heterocycles. The molecule has 33 heavy (non-hydrogen) atoms. The summed E-state index contributed by atoms with van der Waals surface area (Å²) in [5.41, 5.74) is 2.98. The fourth-order valence-corrected chi connectivity index (χ4v) is 5.15. The lowest BCUT2D eigenvalue weighted by Crippen LogP contribution is -2.24. The second-order valence-electron chi connectivity index (χ2n) is 8.52. The molecule has 0 amide bonds. The minimum Gasteiger partial charge on any atom is -0.496 e. The highest BCUT2D eigenvalue weighted by Crippen LogP contribution is 2.42. The van der Waals surface area contributed by atoms with Crippen LogP contribution in [-0.4, -0.2) is 42.2 Å². The number of methoxy groups -OCH3 is 2. The van der Waals surface area contributed by atoms with E-state index in [1.807, 2.05) is 12.1 Å². The zero-order chi connectivity index (χ0) is 23.9. The molecule has 0 radical (unpaired) electrons. The van der Waals surface area contributed by atoms with Crippen molar-refractivity contribution < 1.29 is 34.1 Å². The molecule has 0 fully saturated rings. The van der Waals surface area contributed by atoms with E-state index < -0.39 is 11.9 Å². The van der Waals surface area contributed by atoms with E-state index in [1.165, 1.54) is 0 Å². The van der Waals surface area contributed by atoms with Crippen molar-refractivity contribution in [1.29, 1.82) is 0 Å². The maximum Gasteiger partial charge on any atom is 0.307 e. The Morgan fingerprint density at radius 3 is 1.76 bits per heavy atom. The van der Waals surface area contributed by atoms with E-state index in [-0.39, 0.29) is 24.5 Å². The third-order valence-corrected chi connectivity index (χ3v) is 6.68. The van der Waals surface area contributed by atoms with Crippen LogP contribution in [0.25, 0.3) is 21.5 Å². The van der Waals surface area contributed by atoms with Gasteiger partial charge in [-0.15, -0.1) is 0 Å². The second kappa shape index (κ2) is 8.73. The standard InChI is InChI=1S/C26H26O7/c1-13(27)14-4-5-15-16(8-14)20(12-26(30)31)18-10-22-21(9-17(18)19(15)11-25(28)29)23(32-2)6-7-24(22)33-3/h6-7,9-10,14H,4-5,8,11-12H2,1-3H3,(H,28,29)(H,30,31). The smallest absolute Gasteiger partial charge is 0.307 e. The van der Waals surface area contributed by atoms with Crippen LogP contribution >= 0.6 is 0 Å². The van der Waals surface area contributed by atoms with Crippen molar-refractivity contribution in [3.63, 3.8) is 0 Å². The molecule has 0 spiro atoms. The van der Waals surface area contributed by atoms with Crippen LogP contribution in [0.3, 0.4) is 0 Å². The van der Waals surface area contributed by atoms with Gasteiger partial charge in [-0.3, -0.25) is 14.4 Å². The van der Waals surface area contributed by atoms with Gasteiger partial charge in [-0.25, -0.2) is 0 Å². The molecular weight excluding hydrogens is 424 g/mol. The zero-order valence-electron chi connectivity index (χ0n) is 18.9. The van der Waals surface area contributed by atoms with Crippen LogP contribution in [0, 0.1) is 5.92 Å². The minimum absolute atomic E-state index is 0.0618. The molecule has 172 valence electrons. The molecule has 3 aromatic rings. The fraction of sp³-hybridized carbons (Fsp3) is 0.346. The van der Waals surface area contributed by atoms with Gasteiger partial charge in [0.1, 0.15) is 17.3 Å². The maximum absolute atomic E-state index is 12.2. The number of carbonyl (C=O) groups is 3. The summed E-state index contributed by atoms with van der Waals surface area (Å²) in [6.45, 7) is 1.55. The molecule has 1 unspecified atom stereocenters. The Labute approximate surface area is 190 Å². The first-order valence-electron chi connectivity index (χ1n) is 10.8. The molecule has 0 aromatic heterocycles. The van der Waals surface area contributed by atoms with Gasteiger partial charge in [0.2, 0.25) is 0 Å². The number of carbonyl (C=O) groups excluding carboxylic acids is 1. The van der Waals surface area contributed by atoms with E-state index >= 15 is 0 Å². The van der Waals surface area contributed by atoms with Gasteiger partial charge in [-0.05, 0) is 83.5 Å². The molecule has 0 saturated heterocycles. The lowest BCUT2D eigenvalue weighted by molar-refractivity contribution is -0.137. The highest BCUT2D eigenvalue weighted by Gasteiger charge is 2.30. The monoisotopic (exact) mass is 450 g/mol. The average Bonchev–Trinajstić information content (AvgIpc) is 2.78. The van der Waals surface area contributed by atoms with E-state index in [1.54, 1.807) is 33.3 Å². The third-order valence-electron chi connectivity index (χ3n) is 6.68. The Kier molecular flexibility index (Phi) is 5.97. The number of ketones is 1. The zero-order valence-corrected chi connectivity index (χ0v) is 18.9. The number of hydrogen-bond acceptors (Lipinski definition) is 5. The molecular formula is C26H26O7. The summed E-state index contributed by atoms with van der Waals surface area (Å²) in [6.07, 6.45) is 1.18. The maximum atomic E-state index is 12.2. The van der Waals surface area contributed by atoms with Crippen LogP contribution in [0.2, 0.25) is 0 Å². The van der Waals surface area contributed by atoms with Crippen molar-refractivity contribution in [2.75, 3.05) is 14.2 Å². The van der Waals surface area contributed by atoms with Crippen molar-refractivity contribution in [2.45, 2.75) is 39.0 Å². The van der Waals surface area contributed by atoms with Gasteiger partial charge in [0, 0.05) is 16.7 Å². The Morgan fingerprint density at radius 1 is 0.848 bits per heavy atom. The van der Waals surface area contributed by atoms with Crippen LogP contribution in [0.5, 0.6) is 11.5 Å². The van der Waals surface area contributed by atoms with Gasteiger partial charge < -0.3 is 19.7 Å². The molecule has 0 bridgehead atoms. The van der Waals surface area contributed by atoms with Crippen molar-refractivity contribution in [3.05, 3.63) is 46.5 Å². The number of carboxylic acids is 2. The number of carboxylic acid groups (broad SMARTS) is 2. The lowest BCUT2D eigenvalue weighted by atomic mass is 9.74. The van der Waals surface area contributed by atoms with Crippen molar-refractivity contribution in [2.24, 2.45) is 5.92 Å². The van der Waals surface area contributed by atoms with E-state index in [4.69, 9.17) is 9.47 Å². The largest absolute Gasteiger partial charge is 0.496 e. The molecule has 7 heteroatoms. The summed E-state index contributed by atoms with van der Waals surface area (Å²) in [5, 5.41) is 22.3. The van der Waals surface area contributed by atoms with Crippen molar-refractivity contribution in [3.8, 4) is 11.5 Å². The second-order valence-corrected chi connectivity index (χ2v) is 8.52. The highest BCUT2D eigenvalue weighted by atomic mass is 16.5. The van der Waals surface area contributed by atoms with Gasteiger partial charge in [0.15, 0.2) is 0 Å². The number of ether oxygens (including phenoxy) is 2. The predicted octanol–water partition coefficient (Wildman–Crippen LogP) is 3.96. The quantitative estimate of drug-likeness (QED) is 0.524. The Balaban J connectivity index is 2.17. The summed E-state index contributed by atoms with van der Waals surface area (Å²) >= 11 is 0. The number of Topliss-reactive ketones (excluding diaryl/α,β-unsaturated/α-hetero) is 1. The summed E-state index contributed by atoms with van der Waals surface area (Å²) in [7, 11) is 3.12. The summed E-state index contributed by atoms with van der Waals surface area (Å²) in [6, 6.07) is 7.32.